The predicted octanol–water partition coefficient (Wildman–Crippen LogP) is 1.78. The lowest BCUT2D eigenvalue weighted by molar-refractivity contribution is -0.00503. The lowest BCUT2D eigenvalue weighted by atomic mass is 10.1. The highest BCUT2D eigenvalue weighted by atomic mass is 16.5. The van der Waals surface area contributed by atoms with E-state index in [9.17, 15) is 9.59 Å². The van der Waals surface area contributed by atoms with Crippen molar-refractivity contribution in [1.82, 2.24) is 19.2 Å². The molecule has 0 aliphatic carbocycles. The molecule has 1 fully saturated rings. The number of aromatic nitrogens is 3. The van der Waals surface area contributed by atoms with Crippen molar-refractivity contribution < 1.29 is 9.53 Å². The van der Waals surface area contributed by atoms with Crippen molar-refractivity contribution in [2.24, 2.45) is 7.05 Å². The van der Waals surface area contributed by atoms with Gasteiger partial charge in [-0.2, -0.15) is 9.78 Å². The largest absolute Gasteiger partial charge is 0.377 e. The molecule has 1 saturated heterocycles. The van der Waals surface area contributed by atoms with E-state index in [2.05, 4.69) is 5.10 Å². The molecule has 1 amide bonds. The van der Waals surface area contributed by atoms with Crippen LogP contribution < -0.4 is 5.56 Å². The van der Waals surface area contributed by atoms with E-state index in [4.69, 9.17) is 4.74 Å². The van der Waals surface area contributed by atoms with Crippen LogP contribution in [0.25, 0.3) is 5.69 Å². The van der Waals surface area contributed by atoms with Crippen molar-refractivity contribution in [3.05, 3.63) is 82.5 Å². The van der Waals surface area contributed by atoms with Crippen molar-refractivity contribution in [3.63, 3.8) is 0 Å². The average Bonchev–Trinajstić information content (AvgIpc) is 3.14. The van der Waals surface area contributed by atoms with E-state index in [-0.39, 0.29) is 23.2 Å². The Kier molecular flexibility index (Phi) is 4.60. The third-order valence-corrected chi connectivity index (χ3v) is 4.73. The minimum absolute atomic E-state index is 0.190. The number of hydrogen-bond acceptors (Lipinski definition) is 4. The van der Waals surface area contributed by atoms with Crippen LogP contribution in [0.2, 0.25) is 0 Å². The zero-order valence-electron chi connectivity index (χ0n) is 15.0. The van der Waals surface area contributed by atoms with Crippen LogP contribution in [0, 0.1) is 0 Å². The van der Waals surface area contributed by atoms with E-state index in [1.165, 1.54) is 16.8 Å². The van der Waals surface area contributed by atoms with E-state index in [0.29, 0.717) is 25.4 Å². The quantitative estimate of drug-likeness (QED) is 0.710. The van der Waals surface area contributed by atoms with Gasteiger partial charge in [-0.05, 0) is 30.3 Å². The number of aryl methyl sites for hydroxylation is 1. The van der Waals surface area contributed by atoms with E-state index in [1.807, 2.05) is 48.1 Å². The molecule has 0 radical (unpaired) electrons. The van der Waals surface area contributed by atoms with Gasteiger partial charge in [0, 0.05) is 31.5 Å². The van der Waals surface area contributed by atoms with E-state index >= 15 is 0 Å². The molecular formula is C20H20N4O3. The van der Waals surface area contributed by atoms with Crippen LogP contribution in [0.3, 0.4) is 0 Å². The van der Waals surface area contributed by atoms with Gasteiger partial charge in [0.05, 0.1) is 24.9 Å². The third kappa shape index (κ3) is 3.29. The summed E-state index contributed by atoms with van der Waals surface area (Å²) in [4.78, 5) is 27.2. The maximum atomic E-state index is 13.2. The van der Waals surface area contributed by atoms with Crippen molar-refractivity contribution in [3.8, 4) is 5.69 Å². The van der Waals surface area contributed by atoms with Gasteiger partial charge in [-0.1, -0.05) is 18.2 Å². The van der Waals surface area contributed by atoms with Gasteiger partial charge in [0.1, 0.15) is 5.69 Å². The van der Waals surface area contributed by atoms with Crippen molar-refractivity contribution in [1.29, 1.82) is 0 Å². The highest BCUT2D eigenvalue weighted by molar-refractivity contribution is 5.92. The minimum atomic E-state index is -0.279. The molecule has 1 aliphatic heterocycles. The molecule has 0 unspecified atom stereocenters. The molecule has 7 heteroatoms. The second-order valence-electron chi connectivity index (χ2n) is 6.44. The molecular weight excluding hydrogens is 344 g/mol. The fourth-order valence-electron chi connectivity index (χ4n) is 3.34. The minimum Gasteiger partial charge on any atom is -0.377 e. The standard InChI is InChI=1S/C20H20N4O3/c1-22-11-5-8-17(22)18-14-27-13-12-23(18)20(26)16-9-10-19(25)24(21-16)15-6-3-2-4-7-15/h2-11,18H,12-14H2,1H3/t18-/m0/s1. The van der Waals surface area contributed by atoms with Crippen molar-refractivity contribution in [2.75, 3.05) is 19.8 Å². The van der Waals surface area contributed by atoms with Gasteiger partial charge in [-0.3, -0.25) is 9.59 Å². The summed E-state index contributed by atoms with van der Waals surface area (Å²) in [7, 11) is 1.94. The Morgan fingerprint density at radius 2 is 1.93 bits per heavy atom. The molecule has 4 rings (SSSR count). The number of para-hydroxylation sites is 1. The van der Waals surface area contributed by atoms with Crippen molar-refractivity contribution in [2.45, 2.75) is 6.04 Å². The second kappa shape index (κ2) is 7.20. The van der Waals surface area contributed by atoms with Gasteiger partial charge >= 0.3 is 0 Å². The number of carbonyl (C=O) groups is 1. The molecule has 0 bridgehead atoms. The second-order valence-corrected chi connectivity index (χ2v) is 6.44. The Morgan fingerprint density at radius 3 is 2.67 bits per heavy atom. The number of benzene rings is 1. The molecule has 3 aromatic rings. The topological polar surface area (TPSA) is 69.4 Å². The summed E-state index contributed by atoms with van der Waals surface area (Å²) in [5.74, 6) is -0.214. The maximum absolute atomic E-state index is 13.2. The Hall–Kier alpha value is -3.19. The molecule has 1 atom stereocenters. The van der Waals surface area contributed by atoms with Crippen LogP contribution in [-0.2, 0) is 11.8 Å². The molecule has 1 aliphatic rings. The summed E-state index contributed by atoms with van der Waals surface area (Å²) in [6, 6.07) is 15.7. The molecule has 138 valence electrons. The smallest absolute Gasteiger partial charge is 0.275 e. The average molecular weight is 364 g/mol. The summed E-state index contributed by atoms with van der Waals surface area (Å²) < 4.78 is 8.85. The lowest BCUT2D eigenvalue weighted by Crippen LogP contribution is -2.44. The molecule has 1 aromatic carbocycles. The molecule has 7 nitrogen and oxygen atoms in total. The van der Waals surface area contributed by atoms with Crippen LogP contribution in [0.1, 0.15) is 22.2 Å². The zero-order valence-corrected chi connectivity index (χ0v) is 15.0. The summed E-state index contributed by atoms with van der Waals surface area (Å²) in [6.07, 6.45) is 1.94. The third-order valence-electron chi connectivity index (χ3n) is 4.73. The fraction of sp³-hybridized carbons (Fsp3) is 0.250. The zero-order chi connectivity index (χ0) is 18.8. The Bertz CT molecular complexity index is 1010. The van der Waals surface area contributed by atoms with E-state index in [1.54, 1.807) is 17.0 Å². The summed E-state index contributed by atoms with van der Waals surface area (Å²) >= 11 is 0. The molecule has 2 aromatic heterocycles. The van der Waals surface area contributed by atoms with E-state index < -0.39 is 0 Å². The highest BCUT2D eigenvalue weighted by Crippen LogP contribution is 2.25. The molecule has 27 heavy (non-hydrogen) atoms. The number of hydrogen-bond donors (Lipinski definition) is 0. The summed E-state index contributed by atoms with van der Waals surface area (Å²) in [5.41, 5.74) is 1.58. The Balaban J connectivity index is 1.69. The number of ether oxygens (including phenoxy) is 1. The summed E-state index contributed by atoms with van der Waals surface area (Å²) in [6.45, 7) is 1.38. The first-order valence-corrected chi connectivity index (χ1v) is 8.81. The van der Waals surface area contributed by atoms with E-state index in [0.717, 1.165) is 5.69 Å². The monoisotopic (exact) mass is 364 g/mol. The molecule has 0 saturated carbocycles. The van der Waals surface area contributed by atoms with Gasteiger partial charge in [0.25, 0.3) is 11.5 Å². The molecule has 0 N–H and O–H groups in total. The SMILES string of the molecule is Cn1cccc1[C@@H]1COCCN1C(=O)c1ccc(=O)n(-c2ccccc2)n1. The van der Waals surface area contributed by atoms with Crippen LogP contribution in [0.4, 0.5) is 0 Å². The number of morpholine rings is 1. The van der Waals surface area contributed by atoms with Gasteiger partial charge in [-0.15, -0.1) is 0 Å². The predicted molar refractivity (Wildman–Crippen MR) is 99.8 cm³/mol. The number of nitrogens with zero attached hydrogens (tertiary/aromatic N) is 4. The Labute approximate surface area is 156 Å². The first kappa shape index (κ1) is 17.2. The van der Waals surface area contributed by atoms with Crippen LogP contribution in [-0.4, -0.2) is 44.9 Å². The lowest BCUT2D eigenvalue weighted by Gasteiger charge is -2.35. The van der Waals surface area contributed by atoms with Crippen molar-refractivity contribution >= 4 is 5.91 Å². The molecule has 3 heterocycles. The Morgan fingerprint density at radius 1 is 1.11 bits per heavy atom. The van der Waals surface area contributed by atoms with Crippen LogP contribution in [0.15, 0.2) is 65.6 Å². The fourth-order valence-corrected chi connectivity index (χ4v) is 3.34. The van der Waals surface area contributed by atoms with Crippen LogP contribution >= 0.6 is 0 Å². The first-order valence-electron chi connectivity index (χ1n) is 8.81. The summed E-state index contributed by atoms with van der Waals surface area (Å²) in [5, 5.41) is 4.32. The first-order chi connectivity index (χ1) is 13.1. The van der Waals surface area contributed by atoms with Crippen LogP contribution in [0.5, 0.6) is 0 Å². The maximum Gasteiger partial charge on any atom is 0.275 e. The highest BCUT2D eigenvalue weighted by Gasteiger charge is 2.31. The molecule has 0 spiro atoms. The van der Waals surface area contributed by atoms with Gasteiger partial charge in [0.2, 0.25) is 0 Å². The van der Waals surface area contributed by atoms with Gasteiger partial charge in [0.15, 0.2) is 0 Å². The van der Waals surface area contributed by atoms with Gasteiger partial charge < -0.3 is 14.2 Å². The number of carbonyl (C=O) groups excluding carboxylic acids is 1. The number of amides is 1. The normalized spacial score (nSPS) is 17.1. The number of rotatable bonds is 3. The van der Waals surface area contributed by atoms with Gasteiger partial charge in [-0.25, -0.2) is 0 Å².